The number of nitrogens with one attached hydrogen (secondary N) is 1. The molecule has 1 saturated heterocycles. The van der Waals surface area contributed by atoms with Gasteiger partial charge in [0.05, 0.1) is 24.3 Å². The number of benzene rings is 1. The number of hydrogen-bond acceptors (Lipinski definition) is 6. The first-order valence-corrected chi connectivity index (χ1v) is 10.5. The molecule has 1 atom stereocenters. The second-order valence-corrected chi connectivity index (χ2v) is 9.00. The van der Waals surface area contributed by atoms with E-state index in [9.17, 15) is 9.59 Å². The molecule has 0 amide bonds. The first kappa shape index (κ1) is 20.5. The Bertz CT molecular complexity index is 1110. The minimum atomic E-state index is -0.373. The SMILES string of the molecule is COc1c(N2CCC(C)(CN(C)CCC#N)C2)ccc2c(=O)[nH]c(=O)n(C3CC3)c12. The zero-order valence-electron chi connectivity index (χ0n) is 17.9. The lowest BCUT2D eigenvalue weighted by Crippen LogP contribution is -2.36. The largest absolute Gasteiger partial charge is 0.492 e. The summed E-state index contributed by atoms with van der Waals surface area (Å²) in [5.74, 6) is 0.602. The van der Waals surface area contributed by atoms with Crippen molar-refractivity contribution in [3.63, 3.8) is 0 Å². The molecule has 0 bridgehead atoms. The smallest absolute Gasteiger partial charge is 0.329 e. The molecule has 0 radical (unpaired) electrons. The van der Waals surface area contributed by atoms with Crippen LogP contribution >= 0.6 is 0 Å². The fraction of sp³-hybridized carbons (Fsp3) is 0.591. The lowest BCUT2D eigenvalue weighted by Gasteiger charge is -2.30. The minimum absolute atomic E-state index is 0.0918. The zero-order valence-corrected chi connectivity index (χ0v) is 17.9. The molecule has 1 aromatic heterocycles. The van der Waals surface area contributed by atoms with E-state index in [2.05, 4.69) is 34.8 Å². The molecule has 8 heteroatoms. The van der Waals surface area contributed by atoms with Gasteiger partial charge in [-0.3, -0.25) is 14.3 Å². The molecule has 160 valence electrons. The van der Waals surface area contributed by atoms with E-state index in [1.807, 2.05) is 6.07 Å². The van der Waals surface area contributed by atoms with Gasteiger partial charge in [-0.25, -0.2) is 4.79 Å². The molecule has 1 aliphatic carbocycles. The van der Waals surface area contributed by atoms with Crippen LogP contribution in [0.5, 0.6) is 5.75 Å². The molecule has 1 N–H and O–H groups in total. The summed E-state index contributed by atoms with van der Waals surface area (Å²) in [4.78, 5) is 32.0. The van der Waals surface area contributed by atoms with Crippen LogP contribution in [0.2, 0.25) is 0 Å². The molecule has 1 unspecified atom stereocenters. The van der Waals surface area contributed by atoms with Crippen molar-refractivity contribution in [2.75, 3.05) is 45.2 Å². The third-order valence-electron chi connectivity index (χ3n) is 6.31. The normalized spacial score (nSPS) is 21.4. The van der Waals surface area contributed by atoms with Crippen molar-refractivity contribution in [1.29, 1.82) is 5.26 Å². The van der Waals surface area contributed by atoms with E-state index in [1.54, 1.807) is 17.7 Å². The van der Waals surface area contributed by atoms with Gasteiger partial charge in [0.1, 0.15) is 5.52 Å². The Morgan fingerprint density at radius 2 is 2.13 bits per heavy atom. The summed E-state index contributed by atoms with van der Waals surface area (Å²) in [7, 11) is 3.66. The Kier molecular flexibility index (Phi) is 5.33. The summed E-state index contributed by atoms with van der Waals surface area (Å²) in [6, 6.07) is 6.07. The second kappa shape index (κ2) is 7.80. The summed E-state index contributed by atoms with van der Waals surface area (Å²) < 4.78 is 7.50. The van der Waals surface area contributed by atoms with Crippen LogP contribution in [0.25, 0.3) is 10.9 Å². The van der Waals surface area contributed by atoms with Gasteiger partial charge in [0.25, 0.3) is 5.56 Å². The van der Waals surface area contributed by atoms with Crippen LogP contribution < -0.4 is 20.9 Å². The fourth-order valence-electron chi connectivity index (χ4n) is 4.77. The highest BCUT2D eigenvalue weighted by atomic mass is 16.5. The fourth-order valence-corrected chi connectivity index (χ4v) is 4.77. The minimum Gasteiger partial charge on any atom is -0.492 e. The van der Waals surface area contributed by atoms with Gasteiger partial charge >= 0.3 is 5.69 Å². The monoisotopic (exact) mass is 411 g/mol. The quantitative estimate of drug-likeness (QED) is 0.750. The Morgan fingerprint density at radius 1 is 1.37 bits per heavy atom. The standard InChI is InChI=1S/C22H29N5O3/c1-22(13-25(2)11-4-10-23)9-12-26(14-22)17-8-7-16-18(19(17)30-3)27(15-5-6-15)21(29)24-20(16)28/h7-8,15H,4-6,9,11-14H2,1-3H3,(H,24,28,29). The molecule has 1 aromatic carbocycles. The van der Waals surface area contributed by atoms with Crippen molar-refractivity contribution in [1.82, 2.24) is 14.5 Å². The lowest BCUT2D eigenvalue weighted by molar-refractivity contribution is 0.214. The summed E-state index contributed by atoms with van der Waals surface area (Å²) in [5, 5.41) is 9.32. The maximum Gasteiger partial charge on any atom is 0.329 e. The molecule has 1 aliphatic heterocycles. The van der Waals surface area contributed by atoms with E-state index in [1.165, 1.54) is 0 Å². The van der Waals surface area contributed by atoms with E-state index < -0.39 is 0 Å². The number of fused-ring (bicyclic) bond motifs is 1. The highest BCUT2D eigenvalue weighted by Gasteiger charge is 2.37. The molecule has 2 aliphatic rings. The van der Waals surface area contributed by atoms with Gasteiger partial charge in [-0.15, -0.1) is 0 Å². The molecular formula is C22H29N5O3. The molecule has 30 heavy (non-hydrogen) atoms. The number of aromatic nitrogens is 2. The maximum absolute atomic E-state index is 12.6. The van der Waals surface area contributed by atoms with E-state index >= 15 is 0 Å². The lowest BCUT2D eigenvalue weighted by atomic mass is 9.89. The Labute approximate surface area is 175 Å². The predicted octanol–water partition coefficient (Wildman–Crippen LogP) is 2.10. The van der Waals surface area contributed by atoms with Gasteiger partial charge in [0.2, 0.25) is 0 Å². The molecular weight excluding hydrogens is 382 g/mol. The van der Waals surface area contributed by atoms with Crippen LogP contribution in [0.15, 0.2) is 21.7 Å². The molecule has 4 rings (SSSR count). The third-order valence-corrected chi connectivity index (χ3v) is 6.31. The zero-order chi connectivity index (χ0) is 21.5. The molecule has 2 heterocycles. The highest BCUT2D eigenvalue weighted by molar-refractivity contribution is 5.90. The van der Waals surface area contributed by atoms with Crippen LogP contribution in [0.3, 0.4) is 0 Å². The second-order valence-electron chi connectivity index (χ2n) is 9.00. The average molecular weight is 412 g/mol. The van der Waals surface area contributed by atoms with Gasteiger partial charge in [0, 0.05) is 38.6 Å². The number of methoxy groups -OCH3 is 1. The van der Waals surface area contributed by atoms with Gasteiger partial charge in [0.15, 0.2) is 5.75 Å². The average Bonchev–Trinajstić information content (AvgIpc) is 3.47. The Hall–Kier alpha value is -2.79. The molecule has 1 saturated carbocycles. The van der Waals surface area contributed by atoms with Crippen molar-refractivity contribution < 1.29 is 4.74 Å². The summed E-state index contributed by atoms with van der Waals surface area (Å²) in [5.41, 5.74) is 0.880. The van der Waals surface area contributed by atoms with Crippen LogP contribution in [0.1, 0.15) is 38.6 Å². The van der Waals surface area contributed by atoms with E-state index in [4.69, 9.17) is 10.00 Å². The van der Waals surface area contributed by atoms with Crippen molar-refractivity contribution in [3.8, 4) is 11.8 Å². The first-order chi connectivity index (χ1) is 14.4. The van der Waals surface area contributed by atoms with Crippen molar-refractivity contribution in [3.05, 3.63) is 33.0 Å². The molecule has 0 spiro atoms. The van der Waals surface area contributed by atoms with Crippen LogP contribution in [-0.4, -0.2) is 54.8 Å². The first-order valence-electron chi connectivity index (χ1n) is 10.5. The number of ether oxygens (including phenoxy) is 1. The number of rotatable bonds is 7. The van der Waals surface area contributed by atoms with Crippen molar-refractivity contribution in [2.45, 2.75) is 38.6 Å². The van der Waals surface area contributed by atoms with Crippen LogP contribution in [-0.2, 0) is 0 Å². The number of H-pyrrole nitrogens is 1. The summed E-state index contributed by atoms with van der Waals surface area (Å²) in [6.07, 6.45) is 3.43. The van der Waals surface area contributed by atoms with Gasteiger partial charge in [-0.2, -0.15) is 5.26 Å². The van der Waals surface area contributed by atoms with Crippen molar-refractivity contribution >= 4 is 16.6 Å². The Balaban J connectivity index is 1.70. The van der Waals surface area contributed by atoms with E-state index in [0.29, 0.717) is 23.1 Å². The molecule has 8 nitrogen and oxygen atoms in total. The number of aromatic amines is 1. The molecule has 2 aromatic rings. The Morgan fingerprint density at radius 3 is 2.80 bits per heavy atom. The van der Waals surface area contributed by atoms with Gasteiger partial charge < -0.3 is 14.5 Å². The van der Waals surface area contributed by atoms with Crippen molar-refractivity contribution in [2.24, 2.45) is 5.41 Å². The van der Waals surface area contributed by atoms with Crippen LogP contribution in [0.4, 0.5) is 5.69 Å². The number of nitriles is 1. The molecule has 2 fully saturated rings. The summed E-state index contributed by atoms with van der Waals surface area (Å²) in [6.45, 7) is 5.67. The maximum atomic E-state index is 12.6. The van der Waals surface area contributed by atoms with E-state index in [-0.39, 0.29) is 22.7 Å². The third kappa shape index (κ3) is 3.70. The number of hydrogen-bond donors (Lipinski definition) is 1. The summed E-state index contributed by atoms with van der Waals surface area (Å²) >= 11 is 0. The van der Waals surface area contributed by atoms with Gasteiger partial charge in [-0.05, 0) is 43.9 Å². The predicted molar refractivity (Wildman–Crippen MR) is 116 cm³/mol. The van der Waals surface area contributed by atoms with Gasteiger partial charge in [-0.1, -0.05) is 6.92 Å². The number of nitrogens with zero attached hydrogens (tertiary/aromatic N) is 4. The van der Waals surface area contributed by atoms with E-state index in [0.717, 1.165) is 51.1 Å². The number of anilines is 1. The topological polar surface area (TPSA) is 94.4 Å². The van der Waals surface area contributed by atoms with Crippen LogP contribution in [0, 0.1) is 16.7 Å². The highest BCUT2D eigenvalue weighted by Crippen LogP contribution is 2.43.